The highest BCUT2D eigenvalue weighted by molar-refractivity contribution is 5.31. The molecule has 0 saturated carbocycles. The van der Waals surface area contributed by atoms with E-state index in [0.717, 1.165) is 29.8 Å². The van der Waals surface area contributed by atoms with Crippen molar-refractivity contribution in [1.29, 1.82) is 0 Å². The third kappa shape index (κ3) is 3.86. The van der Waals surface area contributed by atoms with Gasteiger partial charge >= 0.3 is 0 Å². The number of benzene rings is 1. The van der Waals surface area contributed by atoms with Crippen LogP contribution in [0.25, 0.3) is 0 Å². The molecule has 1 fully saturated rings. The van der Waals surface area contributed by atoms with Gasteiger partial charge in [-0.25, -0.2) is 14.4 Å². The van der Waals surface area contributed by atoms with Gasteiger partial charge in [-0.05, 0) is 41.8 Å². The van der Waals surface area contributed by atoms with Crippen molar-refractivity contribution < 1.29 is 9.13 Å². The molecule has 0 bridgehead atoms. The predicted molar refractivity (Wildman–Crippen MR) is 96.4 cm³/mol. The number of morpholine rings is 1. The molecule has 26 heavy (non-hydrogen) atoms. The van der Waals surface area contributed by atoms with E-state index in [2.05, 4.69) is 19.9 Å². The lowest BCUT2D eigenvalue weighted by atomic mass is 10.1. The van der Waals surface area contributed by atoms with E-state index in [4.69, 9.17) is 4.74 Å². The van der Waals surface area contributed by atoms with E-state index in [9.17, 15) is 4.39 Å². The van der Waals surface area contributed by atoms with Crippen molar-refractivity contribution in [2.24, 2.45) is 0 Å². The molecule has 5 nitrogen and oxygen atoms in total. The molecule has 3 heterocycles. The summed E-state index contributed by atoms with van der Waals surface area (Å²) in [6.45, 7) is 2.05. The van der Waals surface area contributed by atoms with Gasteiger partial charge in [0.1, 0.15) is 11.9 Å². The second kappa shape index (κ2) is 7.58. The minimum absolute atomic E-state index is 0.104. The molecule has 0 amide bonds. The molecule has 1 aromatic carbocycles. The number of rotatable bonds is 4. The SMILES string of the molecule is Fc1ccc(Cc2ccc(C3CN(c4ncccn4)CCO3)nc2)cc1. The number of aromatic nitrogens is 3. The second-order valence-corrected chi connectivity index (χ2v) is 6.25. The fourth-order valence-corrected chi connectivity index (χ4v) is 3.03. The number of hydrogen-bond acceptors (Lipinski definition) is 5. The molecule has 1 unspecified atom stereocenters. The smallest absolute Gasteiger partial charge is 0.225 e. The summed E-state index contributed by atoms with van der Waals surface area (Å²) < 4.78 is 18.9. The summed E-state index contributed by atoms with van der Waals surface area (Å²) >= 11 is 0. The van der Waals surface area contributed by atoms with Crippen molar-refractivity contribution in [3.05, 3.63) is 83.7 Å². The van der Waals surface area contributed by atoms with Crippen LogP contribution in [0.2, 0.25) is 0 Å². The van der Waals surface area contributed by atoms with E-state index in [-0.39, 0.29) is 11.9 Å². The van der Waals surface area contributed by atoms with Crippen LogP contribution in [0.15, 0.2) is 61.1 Å². The largest absolute Gasteiger partial charge is 0.368 e. The summed E-state index contributed by atoms with van der Waals surface area (Å²) in [5.74, 6) is 0.498. The highest BCUT2D eigenvalue weighted by Gasteiger charge is 2.24. The van der Waals surface area contributed by atoms with Crippen molar-refractivity contribution in [2.75, 3.05) is 24.6 Å². The number of halogens is 1. The number of hydrogen-bond donors (Lipinski definition) is 0. The Labute approximate surface area is 151 Å². The maximum atomic E-state index is 13.0. The molecule has 3 aromatic rings. The van der Waals surface area contributed by atoms with Gasteiger partial charge < -0.3 is 9.64 Å². The minimum atomic E-state index is -0.219. The van der Waals surface area contributed by atoms with Crippen molar-refractivity contribution in [2.45, 2.75) is 12.5 Å². The number of pyridine rings is 1. The van der Waals surface area contributed by atoms with Crippen LogP contribution >= 0.6 is 0 Å². The molecule has 4 rings (SSSR count). The van der Waals surface area contributed by atoms with Gasteiger partial charge in [0.25, 0.3) is 0 Å². The Kier molecular flexibility index (Phi) is 4.84. The lowest BCUT2D eigenvalue weighted by Gasteiger charge is -2.32. The molecule has 132 valence electrons. The molecule has 1 aliphatic rings. The first kappa shape index (κ1) is 16.6. The van der Waals surface area contributed by atoms with Gasteiger partial charge in [-0.1, -0.05) is 18.2 Å². The summed E-state index contributed by atoms with van der Waals surface area (Å²) in [7, 11) is 0. The fraction of sp³-hybridized carbons (Fsp3) is 0.250. The van der Waals surface area contributed by atoms with Crippen LogP contribution in [-0.2, 0) is 11.2 Å². The van der Waals surface area contributed by atoms with Crippen LogP contribution in [0.1, 0.15) is 22.9 Å². The van der Waals surface area contributed by atoms with Crippen LogP contribution in [-0.4, -0.2) is 34.6 Å². The number of nitrogens with zero attached hydrogens (tertiary/aromatic N) is 4. The van der Waals surface area contributed by atoms with Crippen LogP contribution < -0.4 is 4.90 Å². The van der Waals surface area contributed by atoms with Crippen molar-refractivity contribution in [1.82, 2.24) is 15.0 Å². The Bertz CT molecular complexity index is 840. The van der Waals surface area contributed by atoms with Crippen LogP contribution in [0, 0.1) is 5.82 Å². The summed E-state index contributed by atoms with van der Waals surface area (Å²) in [4.78, 5) is 15.3. The van der Waals surface area contributed by atoms with Gasteiger partial charge in [-0.3, -0.25) is 4.98 Å². The first-order valence-electron chi connectivity index (χ1n) is 8.61. The average molecular weight is 350 g/mol. The molecular weight excluding hydrogens is 331 g/mol. The van der Waals surface area contributed by atoms with E-state index >= 15 is 0 Å². The van der Waals surface area contributed by atoms with E-state index < -0.39 is 0 Å². The van der Waals surface area contributed by atoms with Gasteiger partial charge in [0, 0.05) is 25.1 Å². The van der Waals surface area contributed by atoms with E-state index in [1.807, 2.05) is 24.4 Å². The van der Waals surface area contributed by atoms with Crippen molar-refractivity contribution in [3.8, 4) is 0 Å². The third-order valence-corrected chi connectivity index (χ3v) is 4.40. The lowest BCUT2D eigenvalue weighted by Crippen LogP contribution is -2.39. The zero-order chi connectivity index (χ0) is 17.8. The van der Waals surface area contributed by atoms with Gasteiger partial charge in [-0.2, -0.15) is 0 Å². The summed E-state index contributed by atoms with van der Waals surface area (Å²) in [5.41, 5.74) is 3.04. The van der Waals surface area contributed by atoms with Crippen molar-refractivity contribution >= 4 is 5.95 Å². The number of ether oxygens (including phenoxy) is 1. The molecule has 1 aliphatic heterocycles. The zero-order valence-electron chi connectivity index (χ0n) is 14.3. The van der Waals surface area contributed by atoms with Crippen LogP contribution in [0.3, 0.4) is 0 Å². The second-order valence-electron chi connectivity index (χ2n) is 6.25. The summed E-state index contributed by atoms with van der Waals surface area (Å²) in [6.07, 6.45) is 5.97. The van der Waals surface area contributed by atoms with Gasteiger partial charge in [-0.15, -0.1) is 0 Å². The Morgan fingerprint density at radius 1 is 1.00 bits per heavy atom. The Morgan fingerprint density at radius 2 is 1.77 bits per heavy atom. The topological polar surface area (TPSA) is 51.1 Å². The zero-order valence-corrected chi connectivity index (χ0v) is 14.3. The average Bonchev–Trinajstić information content (AvgIpc) is 2.71. The van der Waals surface area contributed by atoms with Crippen LogP contribution in [0.4, 0.5) is 10.3 Å². The predicted octanol–water partition coefficient (Wildman–Crippen LogP) is 3.18. The maximum Gasteiger partial charge on any atom is 0.225 e. The molecular formula is C20H19FN4O. The minimum Gasteiger partial charge on any atom is -0.368 e. The lowest BCUT2D eigenvalue weighted by molar-refractivity contribution is 0.0364. The molecule has 2 aromatic heterocycles. The maximum absolute atomic E-state index is 13.0. The Morgan fingerprint density at radius 3 is 2.50 bits per heavy atom. The quantitative estimate of drug-likeness (QED) is 0.723. The molecule has 0 spiro atoms. The highest BCUT2D eigenvalue weighted by Crippen LogP contribution is 2.23. The Hall–Kier alpha value is -2.86. The standard InChI is InChI=1S/C20H19FN4O/c21-17-5-2-15(3-6-17)12-16-4-7-18(24-13-16)19-14-25(10-11-26-19)20-22-8-1-9-23-20/h1-9,13,19H,10-12,14H2. The number of anilines is 1. The molecule has 0 aliphatic carbocycles. The highest BCUT2D eigenvalue weighted by atomic mass is 19.1. The summed E-state index contributed by atoms with van der Waals surface area (Å²) in [5, 5.41) is 0. The first-order valence-corrected chi connectivity index (χ1v) is 8.61. The van der Waals surface area contributed by atoms with Gasteiger partial charge in [0.05, 0.1) is 18.8 Å². The fourth-order valence-electron chi connectivity index (χ4n) is 3.03. The third-order valence-electron chi connectivity index (χ3n) is 4.40. The molecule has 1 saturated heterocycles. The monoisotopic (exact) mass is 350 g/mol. The molecule has 6 heteroatoms. The van der Waals surface area contributed by atoms with E-state index in [1.165, 1.54) is 12.1 Å². The normalized spacial score (nSPS) is 17.3. The Balaban J connectivity index is 1.43. The van der Waals surface area contributed by atoms with Crippen LogP contribution in [0.5, 0.6) is 0 Å². The van der Waals surface area contributed by atoms with Gasteiger partial charge in [0.15, 0.2) is 0 Å². The molecule has 0 radical (unpaired) electrons. The van der Waals surface area contributed by atoms with E-state index in [1.54, 1.807) is 24.5 Å². The van der Waals surface area contributed by atoms with E-state index in [0.29, 0.717) is 19.1 Å². The van der Waals surface area contributed by atoms with Gasteiger partial charge in [0.2, 0.25) is 5.95 Å². The summed E-state index contributed by atoms with van der Waals surface area (Å²) in [6, 6.07) is 12.4. The molecule has 1 atom stereocenters. The molecule has 0 N–H and O–H groups in total. The van der Waals surface area contributed by atoms with Crippen molar-refractivity contribution in [3.63, 3.8) is 0 Å². The first-order chi connectivity index (χ1) is 12.8.